The van der Waals surface area contributed by atoms with Gasteiger partial charge in [-0.05, 0) is 31.9 Å². The maximum Gasteiger partial charge on any atom is 0.253 e. The number of amides is 1. The second-order valence-corrected chi connectivity index (χ2v) is 5.87. The second-order valence-electron chi connectivity index (χ2n) is 5.03. The fraction of sp³-hybridized carbons (Fsp3) is 0.500. The molecule has 1 atom stereocenters. The van der Waals surface area contributed by atoms with Gasteiger partial charge >= 0.3 is 0 Å². The molecule has 1 aliphatic rings. The van der Waals surface area contributed by atoms with Gasteiger partial charge < -0.3 is 15.8 Å². The minimum absolute atomic E-state index is 0.175. The van der Waals surface area contributed by atoms with E-state index in [1.54, 1.807) is 13.0 Å². The normalized spacial score (nSPS) is 17.1. The first kappa shape index (κ1) is 15.4. The van der Waals surface area contributed by atoms with Gasteiger partial charge in [-0.2, -0.15) is 0 Å². The minimum atomic E-state index is -0.538. The van der Waals surface area contributed by atoms with Crippen LogP contribution in [0, 0.1) is 0 Å². The molecule has 1 unspecified atom stereocenters. The van der Waals surface area contributed by atoms with Crippen LogP contribution in [0.5, 0.6) is 0 Å². The molecule has 0 radical (unpaired) electrons. The van der Waals surface area contributed by atoms with E-state index in [0.717, 1.165) is 25.7 Å². The summed E-state index contributed by atoms with van der Waals surface area (Å²) in [5.41, 5.74) is 6.52. The van der Waals surface area contributed by atoms with E-state index in [-0.39, 0.29) is 12.0 Å². The summed E-state index contributed by atoms with van der Waals surface area (Å²) in [6.45, 7) is 1.73. The van der Waals surface area contributed by atoms with E-state index in [0.29, 0.717) is 21.4 Å². The lowest BCUT2D eigenvalue weighted by Gasteiger charge is -2.19. The molecule has 1 aromatic carbocycles. The van der Waals surface area contributed by atoms with Crippen LogP contribution in [0.25, 0.3) is 0 Å². The van der Waals surface area contributed by atoms with Crippen molar-refractivity contribution in [1.29, 1.82) is 0 Å². The van der Waals surface area contributed by atoms with E-state index < -0.39 is 6.10 Å². The molecule has 1 amide bonds. The van der Waals surface area contributed by atoms with Gasteiger partial charge in [0.1, 0.15) is 6.10 Å². The predicted octanol–water partition coefficient (Wildman–Crippen LogP) is 3.86. The van der Waals surface area contributed by atoms with E-state index in [4.69, 9.17) is 33.7 Å². The van der Waals surface area contributed by atoms with Crippen LogP contribution in [0.1, 0.15) is 32.6 Å². The van der Waals surface area contributed by atoms with E-state index in [2.05, 4.69) is 5.32 Å². The van der Waals surface area contributed by atoms with Crippen molar-refractivity contribution in [1.82, 2.24) is 0 Å². The van der Waals surface area contributed by atoms with Crippen molar-refractivity contribution in [3.8, 4) is 0 Å². The number of benzene rings is 1. The van der Waals surface area contributed by atoms with Crippen LogP contribution in [0.15, 0.2) is 12.1 Å². The molecule has 0 heterocycles. The lowest BCUT2D eigenvalue weighted by molar-refractivity contribution is -0.129. The molecule has 3 N–H and O–H groups in total. The summed E-state index contributed by atoms with van der Waals surface area (Å²) in [6, 6.07) is 3.09. The summed E-state index contributed by atoms with van der Waals surface area (Å²) in [7, 11) is 0. The average Bonchev–Trinajstić information content (AvgIpc) is 2.86. The van der Waals surface area contributed by atoms with Crippen molar-refractivity contribution in [2.75, 3.05) is 11.1 Å². The van der Waals surface area contributed by atoms with Crippen molar-refractivity contribution in [3.63, 3.8) is 0 Å². The highest BCUT2D eigenvalue weighted by atomic mass is 35.5. The van der Waals surface area contributed by atoms with Crippen molar-refractivity contribution < 1.29 is 9.53 Å². The zero-order chi connectivity index (χ0) is 14.7. The number of nitrogen functional groups attached to an aromatic ring is 1. The van der Waals surface area contributed by atoms with E-state index in [1.165, 1.54) is 6.07 Å². The van der Waals surface area contributed by atoms with Gasteiger partial charge in [0.05, 0.1) is 22.5 Å². The fourth-order valence-electron chi connectivity index (χ4n) is 2.33. The highest BCUT2D eigenvalue weighted by Crippen LogP contribution is 2.32. The van der Waals surface area contributed by atoms with Gasteiger partial charge in [-0.25, -0.2) is 0 Å². The van der Waals surface area contributed by atoms with E-state index >= 15 is 0 Å². The van der Waals surface area contributed by atoms with Crippen LogP contribution in [-0.2, 0) is 9.53 Å². The molecule has 20 heavy (non-hydrogen) atoms. The lowest BCUT2D eigenvalue weighted by Crippen LogP contribution is -2.31. The molecule has 0 aliphatic heterocycles. The van der Waals surface area contributed by atoms with Crippen molar-refractivity contribution in [3.05, 3.63) is 22.2 Å². The maximum atomic E-state index is 12.1. The standard InChI is InChI=1S/C14H18Cl2N2O2/c1-8(20-10-4-2-3-5-10)14(19)18-13-11(16)6-9(15)7-12(13)17/h6-8,10H,2-5,17H2,1H3,(H,18,19). The van der Waals surface area contributed by atoms with Gasteiger partial charge in [-0.3, -0.25) is 4.79 Å². The lowest BCUT2D eigenvalue weighted by atomic mass is 10.2. The zero-order valence-electron chi connectivity index (χ0n) is 11.3. The SMILES string of the molecule is CC(OC1CCCC1)C(=O)Nc1c(N)cc(Cl)cc1Cl. The summed E-state index contributed by atoms with van der Waals surface area (Å²) < 4.78 is 5.73. The summed E-state index contributed by atoms with van der Waals surface area (Å²) in [5.74, 6) is -0.257. The van der Waals surface area contributed by atoms with Crippen molar-refractivity contribution >= 4 is 40.5 Å². The Kier molecular flexibility index (Phi) is 5.13. The number of hydrogen-bond acceptors (Lipinski definition) is 3. The Hall–Kier alpha value is -0.970. The highest BCUT2D eigenvalue weighted by Gasteiger charge is 2.23. The molecule has 0 saturated heterocycles. The molecule has 110 valence electrons. The fourth-order valence-corrected chi connectivity index (χ4v) is 2.88. The number of halogens is 2. The predicted molar refractivity (Wildman–Crippen MR) is 82.3 cm³/mol. The third kappa shape index (κ3) is 3.78. The smallest absolute Gasteiger partial charge is 0.253 e. The first-order valence-electron chi connectivity index (χ1n) is 6.68. The zero-order valence-corrected chi connectivity index (χ0v) is 12.8. The van der Waals surface area contributed by atoms with Crippen LogP contribution >= 0.6 is 23.2 Å². The van der Waals surface area contributed by atoms with Crippen LogP contribution in [0.3, 0.4) is 0 Å². The molecule has 1 fully saturated rings. The van der Waals surface area contributed by atoms with Crippen LogP contribution in [0.4, 0.5) is 11.4 Å². The topological polar surface area (TPSA) is 64.3 Å². The Balaban J connectivity index is 2.00. The van der Waals surface area contributed by atoms with Gasteiger partial charge in [0.25, 0.3) is 5.91 Å². The summed E-state index contributed by atoms with van der Waals surface area (Å²) in [6.07, 6.45) is 3.99. The molecule has 6 heteroatoms. The van der Waals surface area contributed by atoms with Gasteiger partial charge in [-0.1, -0.05) is 36.0 Å². The molecule has 1 aliphatic carbocycles. The Labute approximate surface area is 128 Å². The number of hydrogen-bond donors (Lipinski definition) is 2. The number of carbonyl (C=O) groups excluding carboxylic acids is 1. The molecule has 2 rings (SSSR count). The van der Waals surface area contributed by atoms with Crippen LogP contribution in [0.2, 0.25) is 10.0 Å². The average molecular weight is 317 g/mol. The Morgan fingerprint density at radius 3 is 2.65 bits per heavy atom. The Morgan fingerprint density at radius 1 is 1.40 bits per heavy atom. The molecule has 4 nitrogen and oxygen atoms in total. The molecule has 0 aromatic heterocycles. The maximum absolute atomic E-state index is 12.1. The Morgan fingerprint density at radius 2 is 2.05 bits per heavy atom. The van der Waals surface area contributed by atoms with Gasteiger partial charge in [0, 0.05) is 5.02 Å². The van der Waals surface area contributed by atoms with E-state index in [1.807, 2.05) is 0 Å². The molecular formula is C14H18Cl2N2O2. The monoisotopic (exact) mass is 316 g/mol. The second kappa shape index (κ2) is 6.66. The van der Waals surface area contributed by atoms with E-state index in [9.17, 15) is 4.79 Å². The third-order valence-electron chi connectivity index (χ3n) is 3.40. The van der Waals surface area contributed by atoms with Gasteiger partial charge in [-0.15, -0.1) is 0 Å². The van der Waals surface area contributed by atoms with Crippen molar-refractivity contribution in [2.24, 2.45) is 0 Å². The summed E-state index contributed by atoms with van der Waals surface area (Å²) in [4.78, 5) is 12.1. The number of carbonyl (C=O) groups is 1. The minimum Gasteiger partial charge on any atom is -0.397 e. The van der Waals surface area contributed by atoms with Crippen molar-refractivity contribution in [2.45, 2.75) is 44.8 Å². The first-order chi connectivity index (χ1) is 9.47. The summed E-state index contributed by atoms with van der Waals surface area (Å²) in [5, 5.41) is 3.45. The molecule has 1 saturated carbocycles. The number of anilines is 2. The molecule has 1 aromatic rings. The quantitative estimate of drug-likeness (QED) is 0.829. The summed E-state index contributed by atoms with van der Waals surface area (Å²) >= 11 is 11.9. The third-order valence-corrected chi connectivity index (χ3v) is 3.92. The van der Waals surface area contributed by atoms with Gasteiger partial charge in [0.15, 0.2) is 0 Å². The molecule has 0 spiro atoms. The Bertz CT molecular complexity index is 479. The van der Waals surface area contributed by atoms with Gasteiger partial charge in [0.2, 0.25) is 0 Å². The number of nitrogens with one attached hydrogen (secondary N) is 1. The van der Waals surface area contributed by atoms with Crippen LogP contribution < -0.4 is 11.1 Å². The largest absolute Gasteiger partial charge is 0.397 e. The number of rotatable bonds is 4. The molecule has 0 bridgehead atoms. The highest BCUT2D eigenvalue weighted by molar-refractivity contribution is 6.37. The number of ether oxygens (including phenoxy) is 1. The van der Waals surface area contributed by atoms with Crippen LogP contribution in [-0.4, -0.2) is 18.1 Å². The number of nitrogens with two attached hydrogens (primary N) is 1. The molecular weight excluding hydrogens is 299 g/mol. The first-order valence-corrected chi connectivity index (χ1v) is 7.44.